The molecular formula is C17H20N4O2. The van der Waals surface area contributed by atoms with E-state index in [4.69, 9.17) is 5.21 Å². The third-order valence-corrected chi connectivity index (χ3v) is 3.93. The van der Waals surface area contributed by atoms with E-state index in [1.807, 2.05) is 24.4 Å². The lowest BCUT2D eigenvalue weighted by atomic mass is 10.1. The summed E-state index contributed by atoms with van der Waals surface area (Å²) in [6.45, 7) is 1.70. The minimum atomic E-state index is -0.540. The van der Waals surface area contributed by atoms with E-state index in [0.29, 0.717) is 0 Å². The van der Waals surface area contributed by atoms with Gasteiger partial charge in [-0.25, -0.2) is 5.48 Å². The first-order chi connectivity index (χ1) is 11.3. The van der Waals surface area contributed by atoms with Crippen molar-refractivity contribution >= 4 is 29.6 Å². The third kappa shape index (κ3) is 3.78. The second kappa shape index (κ2) is 7.11. The molecule has 1 aromatic rings. The number of fused-ring (bicyclic) bond motifs is 1. The van der Waals surface area contributed by atoms with Crippen LogP contribution in [0.4, 0.5) is 11.4 Å². The van der Waals surface area contributed by atoms with Gasteiger partial charge in [0.1, 0.15) is 0 Å². The molecule has 0 radical (unpaired) electrons. The first-order valence-electron chi connectivity index (χ1n) is 7.73. The van der Waals surface area contributed by atoms with E-state index in [0.717, 1.165) is 49.4 Å². The highest BCUT2D eigenvalue weighted by atomic mass is 16.5. The normalized spacial score (nSPS) is 16.2. The smallest absolute Gasteiger partial charge is 0.267 e. The summed E-state index contributed by atoms with van der Waals surface area (Å²) < 4.78 is 0. The van der Waals surface area contributed by atoms with Gasteiger partial charge in [-0.3, -0.25) is 15.0 Å². The van der Waals surface area contributed by atoms with Crippen molar-refractivity contribution in [1.82, 2.24) is 5.48 Å². The monoisotopic (exact) mass is 312 g/mol. The van der Waals surface area contributed by atoms with Crippen LogP contribution in [0.25, 0.3) is 6.08 Å². The molecule has 0 bridgehead atoms. The first kappa shape index (κ1) is 15.3. The third-order valence-electron chi connectivity index (χ3n) is 3.93. The van der Waals surface area contributed by atoms with E-state index < -0.39 is 5.91 Å². The minimum absolute atomic E-state index is 0.540. The number of hydroxylamine groups is 1. The molecule has 0 fully saturated rings. The number of carbonyl (C=O) groups is 1. The summed E-state index contributed by atoms with van der Waals surface area (Å²) in [4.78, 5) is 17.7. The predicted octanol–water partition coefficient (Wildman–Crippen LogP) is 2.53. The molecule has 2 heterocycles. The number of allylic oxidation sites excluding steroid dienone is 1. The standard InChI is InChI=1S/C17H20N4O2/c22-17(20-23)7-5-13-4-6-16-15(11-13)19-12-21(16)10-8-14-3-1-2-9-18-14/h3-7,9,11,19,23H,1-2,8,10,12H2,(H,20,22)/b7-5+. The Bertz CT molecular complexity index is 679. The molecule has 23 heavy (non-hydrogen) atoms. The van der Waals surface area contributed by atoms with Crippen LogP contribution in [0, 0.1) is 0 Å². The summed E-state index contributed by atoms with van der Waals surface area (Å²) in [7, 11) is 0. The average molecular weight is 312 g/mol. The number of rotatable bonds is 5. The Labute approximate surface area is 135 Å². The van der Waals surface area contributed by atoms with E-state index in [2.05, 4.69) is 21.3 Å². The number of amides is 1. The zero-order valence-electron chi connectivity index (χ0n) is 12.8. The Hall–Kier alpha value is -2.60. The number of nitrogens with zero attached hydrogens (tertiary/aromatic N) is 2. The first-order valence-corrected chi connectivity index (χ1v) is 7.73. The van der Waals surface area contributed by atoms with Crippen molar-refractivity contribution in [3.63, 3.8) is 0 Å². The lowest BCUT2D eigenvalue weighted by Gasteiger charge is -2.18. The maximum atomic E-state index is 11.0. The minimum Gasteiger partial charge on any atom is -0.366 e. The Morgan fingerprint density at radius 2 is 2.35 bits per heavy atom. The van der Waals surface area contributed by atoms with Crippen molar-refractivity contribution in [3.8, 4) is 0 Å². The number of hydrogen-bond donors (Lipinski definition) is 3. The average Bonchev–Trinajstić information content (AvgIpc) is 3.01. The lowest BCUT2D eigenvalue weighted by molar-refractivity contribution is -0.124. The molecule has 0 aromatic heterocycles. The quantitative estimate of drug-likeness (QED) is 0.443. The van der Waals surface area contributed by atoms with Crippen molar-refractivity contribution in [2.75, 3.05) is 23.4 Å². The fourth-order valence-electron chi connectivity index (χ4n) is 2.72. The summed E-state index contributed by atoms with van der Waals surface area (Å²) >= 11 is 0. The molecule has 0 unspecified atom stereocenters. The largest absolute Gasteiger partial charge is 0.366 e. The molecule has 0 atom stereocenters. The molecule has 6 nitrogen and oxygen atoms in total. The van der Waals surface area contributed by atoms with Gasteiger partial charge >= 0.3 is 0 Å². The number of benzene rings is 1. The van der Waals surface area contributed by atoms with E-state index in [-0.39, 0.29) is 0 Å². The molecule has 0 saturated heterocycles. The van der Waals surface area contributed by atoms with Crippen LogP contribution in [0.2, 0.25) is 0 Å². The number of carbonyl (C=O) groups excluding carboxylic acids is 1. The molecule has 3 rings (SSSR count). The Morgan fingerprint density at radius 3 is 3.13 bits per heavy atom. The highest BCUT2D eigenvalue weighted by Crippen LogP contribution is 2.32. The molecule has 1 aromatic carbocycles. The van der Waals surface area contributed by atoms with Crippen LogP contribution in [0.1, 0.15) is 24.8 Å². The highest BCUT2D eigenvalue weighted by molar-refractivity contribution is 5.91. The van der Waals surface area contributed by atoms with Crippen LogP contribution in [-0.4, -0.2) is 30.5 Å². The van der Waals surface area contributed by atoms with E-state index >= 15 is 0 Å². The number of anilines is 2. The second-order valence-corrected chi connectivity index (χ2v) is 5.52. The summed E-state index contributed by atoms with van der Waals surface area (Å²) in [5.74, 6) is -0.540. The Morgan fingerprint density at radius 1 is 1.43 bits per heavy atom. The molecular weight excluding hydrogens is 292 g/mol. The van der Waals surface area contributed by atoms with Gasteiger partial charge in [0, 0.05) is 31.0 Å². The van der Waals surface area contributed by atoms with Crippen molar-refractivity contribution in [1.29, 1.82) is 0 Å². The van der Waals surface area contributed by atoms with Gasteiger partial charge in [0.15, 0.2) is 0 Å². The molecule has 2 aliphatic heterocycles. The van der Waals surface area contributed by atoms with Gasteiger partial charge < -0.3 is 10.2 Å². The van der Waals surface area contributed by atoms with Crippen LogP contribution < -0.4 is 15.7 Å². The maximum Gasteiger partial charge on any atom is 0.267 e. The summed E-state index contributed by atoms with van der Waals surface area (Å²) in [6.07, 6.45) is 10.2. The number of aliphatic imine (C=N–C) groups is 1. The molecule has 6 heteroatoms. The van der Waals surface area contributed by atoms with Gasteiger partial charge in [-0.1, -0.05) is 12.1 Å². The fourth-order valence-corrected chi connectivity index (χ4v) is 2.72. The van der Waals surface area contributed by atoms with Crippen molar-refractivity contribution in [3.05, 3.63) is 41.6 Å². The van der Waals surface area contributed by atoms with Gasteiger partial charge in [0.25, 0.3) is 5.91 Å². The fraction of sp³-hybridized carbons (Fsp3) is 0.294. The number of nitrogens with one attached hydrogen (secondary N) is 2. The van der Waals surface area contributed by atoms with Crippen molar-refractivity contribution in [2.45, 2.75) is 19.3 Å². The van der Waals surface area contributed by atoms with E-state index in [1.165, 1.54) is 11.8 Å². The molecule has 0 spiro atoms. The SMILES string of the molecule is O=C(/C=C/c1ccc2c(c1)NCN2CCC1=CCCC=N1)NO. The molecule has 2 aliphatic rings. The maximum absolute atomic E-state index is 11.0. The molecule has 3 N–H and O–H groups in total. The molecule has 0 saturated carbocycles. The lowest BCUT2D eigenvalue weighted by Crippen LogP contribution is -2.24. The Kier molecular flexibility index (Phi) is 4.73. The second-order valence-electron chi connectivity index (χ2n) is 5.52. The van der Waals surface area contributed by atoms with Crippen LogP contribution in [0.5, 0.6) is 0 Å². The van der Waals surface area contributed by atoms with E-state index in [1.54, 1.807) is 11.6 Å². The number of hydrogen-bond acceptors (Lipinski definition) is 5. The highest BCUT2D eigenvalue weighted by Gasteiger charge is 2.18. The van der Waals surface area contributed by atoms with Gasteiger partial charge in [-0.15, -0.1) is 0 Å². The van der Waals surface area contributed by atoms with Crippen LogP contribution in [-0.2, 0) is 4.79 Å². The Balaban J connectivity index is 1.64. The van der Waals surface area contributed by atoms with Gasteiger partial charge in [0.05, 0.1) is 18.0 Å². The molecule has 0 aliphatic carbocycles. The predicted molar refractivity (Wildman–Crippen MR) is 91.7 cm³/mol. The van der Waals surface area contributed by atoms with E-state index in [9.17, 15) is 4.79 Å². The van der Waals surface area contributed by atoms with Gasteiger partial charge in [-0.05, 0) is 36.6 Å². The topological polar surface area (TPSA) is 77.0 Å². The zero-order chi connectivity index (χ0) is 16.1. The van der Waals surface area contributed by atoms with Crippen LogP contribution in [0.15, 0.2) is 41.0 Å². The van der Waals surface area contributed by atoms with Gasteiger partial charge in [-0.2, -0.15) is 0 Å². The van der Waals surface area contributed by atoms with Crippen molar-refractivity contribution in [2.24, 2.45) is 4.99 Å². The molecule has 1 amide bonds. The van der Waals surface area contributed by atoms with Crippen molar-refractivity contribution < 1.29 is 10.0 Å². The molecule has 120 valence electrons. The summed E-state index contributed by atoms with van der Waals surface area (Å²) in [5, 5.41) is 11.8. The van der Waals surface area contributed by atoms with Gasteiger partial charge in [0.2, 0.25) is 0 Å². The summed E-state index contributed by atoms with van der Waals surface area (Å²) in [6, 6.07) is 6.00. The summed E-state index contributed by atoms with van der Waals surface area (Å²) in [5.41, 5.74) is 5.86. The zero-order valence-corrected chi connectivity index (χ0v) is 12.8. The van der Waals surface area contributed by atoms with Crippen LogP contribution in [0.3, 0.4) is 0 Å². The van der Waals surface area contributed by atoms with Crippen LogP contribution >= 0.6 is 0 Å².